The van der Waals surface area contributed by atoms with Crippen molar-refractivity contribution in [2.24, 2.45) is 0 Å². The molecule has 0 unspecified atom stereocenters. The van der Waals surface area contributed by atoms with Crippen molar-refractivity contribution in [2.75, 3.05) is 0 Å². The van der Waals surface area contributed by atoms with E-state index in [9.17, 15) is 17.7 Å². The Balaban J connectivity index is 2.21. The zero-order valence-electron chi connectivity index (χ0n) is 13.2. The molecular formula is C13H18F3N5OS. The van der Waals surface area contributed by atoms with Crippen LogP contribution in [0.2, 0.25) is 0 Å². The highest BCUT2D eigenvalue weighted by molar-refractivity contribution is 7.90. The third-order valence-electron chi connectivity index (χ3n) is 3.03. The average Bonchev–Trinajstić information content (AvgIpc) is 2.78. The average molecular weight is 349 g/mol. The second-order valence-corrected chi connectivity index (χ2v) is 8.18. The number of fused-ring (bicyclic) bond motifs is 1. The molecule has 2 rings (SSSR count). The number of halogens is 3. The summed E-state index contributed by atoms with van der Waals surface area (Å²) in [5, 5.41) is 7.25. The van der Waals surface area contributed by atoms with Crippen LogP contribution in [0, 0.1) is 0 Å². The smallest absolute Gasteiger partial charge is 0.408 e. The summed E-state index contributed by atoms with van der Waals surface area (Å²) in [7, 11) is 0. The van der Waals surface area contributed by atoms with Crippen LogP contribution in [0.25, 0.3) is 11.0 Å². The summed E-state index contributed by atoms with van der Waals surface area (Å²) in [6.07, 6.45) is -3.08. The van der Waals surface area contributed by atoms with Gasteiger partial charge in [0.15, 0.2) is 0 Å². The summed E-state index contributed by atoms with van der Waals surface area (Å²) >= 11 is -1.29. The van der Waals surface area contributed by atoms with Crippen molar-refractivity contribution in [1.29, 1.82) is 0 Å². The second kappa shape index (κ2) is 6.25. The van der Waals surface area contributed by atoms with Crippen LogP contribution in [0.15, 0.2) is 12.3 Å². The molecule has 2 aromatic heterocycles. The largest absolute Gasteiger partial charge is 0.598 e. The lowest BCUT2D eigenvalue weighted by atomic mass is 10.2. The molecule has 2 atom stereocenters. The molecule has 2 heterocycles. The Kier molecular flexibility index (Phi) is 4.88. The molecule has 0 saturated carbocycles. The fourth-order valence-corrected chi connectivity index (χ4v) is 2.60. The highest BCUT2D eigenvalue weighted by atomic mass is 32.2. The number of nitrogens with one attached hydrogen (secondary N) is 1. The number of alkyl halides is 3. The van der Waals surface area contributed by atoms with Crippen molar-refractivity contribution in [2.45, 2.75) is 51.2 Å². The van der Waals surface area contributed by atoms with E-state index in [1.165, 1.54) is 6.20 Å². The summed E-state index contributed by atoms with van der Waals surface area (Å²) < 4.78 is 52.7. The van der Waals surface area contributed by atoms with Crippen molar-refractivity contribution >= 4 is 22.4 Å². The van der Waals surface area contributed by atoms with E-state index < -0.39 is 28.8 Å². The van der Waals surface area contributed by atoms with Gasteiger partial charge in [0.1, 0.15) is 22.3 Å². The van der Waals surface area contributed by atoms with E-state index in [2.05, 4.69) is 20.0 Å². The van der Waals surface area contributed by atoms with Gasteiger partial charge in [-0.05, 0) is 33.8 Å². The maximum atomic E-state index is 12.5. The van der Waals surface area contributed by atoms with Crippen LogP contribution in [0.4, 0.5) is 13.2 Å². The summed E-state index contributed by atoms with van der Waals surface area (Å²) in [5.41, 5.74) is 1.05. The van der Waals surface area contributed by atoms with Gasteiger partial charge in [0.05, 0.1) is 17.9 Å². The van der Waals surface area contributed by atoms with Crippen LogP contribution in [0.3, 0.4) is 0 Å². The minimum Gasteiger partial charge on any atom is -0.598 e. The molecule has 128 valence electrons. The summed E-state index contributed by atoms with van der Waals surface area (Å²) in [6, 6.07) is 1.21. The standard InChI is InChI=1S/C13H18F3N5OS/c1-8(19-23(22)12(2,3)4)9-5-10-11(6-17-9)21(20-18-10)7-13(14,15)16/h5-6,8,19H,7H2,1-4H3/t8-,23-/m1/s1. The lowest BCUT2D eigenvalue weighted by Crippen LogP contribution is -2.40. The maximum Gasteiger partial charge on any atom is 0.408 e. The zero-order chi connectivity index (χ0) is 17.4. The van der Waals surface area contributed by atoms with E-state index in [-0.39, 0.29) is 11.6 Å². The number of hydrogen-bond donors (Lipinski definition) is 1. The molecule has 0 aromatic carbocycles. The lowest BCUT2D eigenvalue weighted by Gasteiger charge is -2.26. The predicted molar refractivity (Wildman–Crippen MR) is 80.8 cm³/mol. The first-order valence-electron chi connectivity index (χ1n) is 6.91. The molecule has 0 radical (unpaired) electrons. The molecule has 0 bridgehead atoms. The van der Waals surface area contributed by atoms with Crippen molar-refractivity contribution in [3.63, 3.8) is 0 Å². The van der Waals surface area contributed by atoms with Gasteiger partial charge < -0.3 is 4.55 Å². The van der Waals surface area contributed by atoms with Gasteiger partial charge in [-0.25, -0.2) is 4.68 Å². The van der Waals surface area contributed by atoms with Crippen LogP contribution in [-0.2, 0) is 17.9 Å². The second-order valence-electron chi connectivity index (χ2n) is 6.18. The summed E-state index contributed by atoms with van der Waals surface area (Å²) in [5.74, 6) is 0. The van der Waals surface area contributed by atoms with Gasteiger partial charge in [-0.1, -0.05) is 5.21 Å². The van der Waals surface area contributed by atoms with Crippen molar-refractivity contribution in [1.82, 2.24) is 24.7 Å². The number of nitrogens with zero attached hydrogens (tertiary/aromatic N) is 4. The third-order valence-corrected chi connectivity index (χ3v) is 4.71. The van der Waals surface area contributed by atoms with Crippen molar-refractivity contribution < 1.29 is 17.7 Å². The zero-order valence-corrected chi connectivity index (χ0v) is 14.0. The Hall–Kier alpha value is -1.39. The van der Waals surface area contributed by atoms with Gasteiger partial charge in [0.2, 0.25) is 0 Å². The SMILES string of the molecule is C[C@@H](N[S@+]([O-])C(C)(C)C)c1cc2nnn(CC(F)(F)F)c2cn1. The Morgan fingerprint density at radius 2 is 2.00 bits per heavy atom. The van der Waals surface area contributed by atoms with Gasteiger partial charge >= 0.3 is 6.18 Å². The van der Waals surface area contributed by atoms with Crippen LogP contribution in [0.5, 0.6) is 0 Å². The van der Waals surface area contributed by atoms with Gasteiger partial charge in [-0.2, -0.15) is 13.2 Å². The quantitative estimate of drug-likeness (QED) is 0.858. The summed E-state index contributed by atoms with van der Waals surface area (Å²) in [6.45, 7) is 6.07. The van der Waals surface area contributed by atoms with Crippen LogP contribution < -0.4 is 4.72 Å². The van der Waals surface area contributed by atoms with Gasteiger partial charge in [-0.15, -0.1) is 9.82 Å². The monoisotopic (exact) mass is 349 g/mol. The predicted octanol–water partition coefficient (Wildman–Crippen LogP) is 2.50. The molecule has 0 aliphatic rings. The normalized spacial score (nSPS) is 15.8. The van der Waals surface area contributed by atoms with E-state index in [1.54, 1.807) is 13.0 Å². The van der Waals surface area contributed by atoms with Gasteiger partial charge in [0.25, 0.3) is 0 Å². The number of aromatic nitrogens is 4. The molecular weight excluding hydrogens is 331 g/mol. The molecule has 2 aromatic rings. The van der Waals surface area contributed by atoms with E-state index in [1.807, 2.05) is 20.8 Å². The van der Waals surface area contributed by atoms with Crippen molar-refractivity contribution in [3.05, 3.63) is 18.0 Å². The number of hydrogen-bond acceptors (Lipinski definition) is 5. The molecule has 6 nitrogen and oxygen atoms in total. The minimum atomic E-state index is -4.38. The summed E-state index contributed by atoms with van der Waals surface area (Å²) in [4.78, 5) is 4.14. The van der Waals surface area contributed by atoms with Gasteiger partial charge in [-0.3, -0.25) is 4.98 Å². The number of rotatable bonds is 4. The minimum absolute atomic E-state index is 0.204. The Morgan fingerprint density at radius 3 is 2.57 bits per heavy atom. The highest BCUT2D eigenvalue weighted by Crippen LogP contribution is 2.23. The molecule has 23 heavy (non-hydrogen) atoms. The molecule has 0 spiro atoms. The molecule has 1 N–H and O–H groups in total. The fraction of sp³-hybridized carbons (Fsp3) is 0.615. The van der Waals surface area contributed by atoms with Crippen LogP contribution in [0.1, 0.15) is 39.4 Å². The third kappa shape index (κ3) is 4.55. The Bertz CT molecular complexity index is 682. The van der Waals surface area contributed by atoms with Crippen LogP contribution in [-0.4, -0.2) is 35.5 Å². The maximum absolute atomic E-state index is 12.5. The van der Waals surface area contributed by atoms with E-state index in [0.717, 1.165) is 4.68 Å². The molecule has 0 aliphatic carbocycles. The Labute approximate surface area is 134 Å². The molecule has 10 heteroatoms. The molecule has 0 aliphatic heterocycles. The highest BCUT2D eigenvalue weighted by Gasteiger charge is 2.30. The molecule has 0 amide bonds. The number of pyridine rings is 1. The first-order valence-corrected chi connectivity index (χ1v) is 8.06. The first kappa shape index (κ1) is 18.0. The fourth-order valence-electron chi connectivity index (χ4n) is 1.80. The van der Waals surface area contributed by atoms with Gasteiger partial charge in [0, 0.05) is 11.4 Å². The van der Waals surface area contributed by atoms with Crippen molar-refractivity contribution in [3.8, 4) is 0 Å². The van der Waals surface area contributed by atoms with Crippen LogP contribution >= 0.6 is 0 Å². The van der Waals surface area contributed by atoms with E-state index in [4.69, 9.17) is 0 Å². The lowest BCUT2D eigenvalue weighted by molar-refractivity contribution is -0.142. The first-order chi connectivity index (χ1) is 10.5. The van der Waals surface area contributed by atoms with E-state index >= 15 is 0 Å². The topological polar surface area (TPSA) is 78.7 Å². The molecule has 0 fully saturated rings. The van der Waals surface area contributed by atoms with E-state index in [0.29, 0.717) is 11.2 Å². The molecule has 0 saturated heterocycles. The Morgan fingerprint density at radius 1 is 1.35 bits per heavy atom.